The van der Waals surface area contributed by atoms with E-state index in [1.165, 1.54) is 4.57 Å². The third-order valence-corrected chi connectivity index (χ3v) is 3.36. The van der Waals surface area contributed by atoms with E-state index in [1.54, 1.807) is 24.0 Å². The Labute approximate surface area is 124 Å². The Bertz CT molecular complexity index is 610. The zero-order valence-electron chi connectivity index (χ0n) is 12.8. The SMILES string of the molecule is CCOC(Cn1ccn(C)c1=O)(OCC)c1ccccc1. The highest BCUT2D eigenvalue weighted by molar-refractivity contribution is 5.20. The van der Waals surface area contributed by atoms with E-state index >= 15 is 0 Å². The van der Waals surface area contributed by atoms with Gasteiger partial charge in [-0.05, 0) is 13.8 Å². The van der Waals surface area contributed by atoms with Crippen LogP contribution in [0.25, 0.3) is 0 Å². The van der Waals surface area contributed by atoms with Crippen molar-refractivity contribution in [2.45, 2.75) is 26.2 Å². The van der Waals surface area contributed by atoms with E-state index in [-0.39, 0.29) is 5.69 Å². The second-order valence-corrected chi connectivity index (χ2v) is 4.80. The van der Waals surface area contributed by atoms with Gasteiger partial charge in [0, 0.05) is 38.2 Å². The van der Waals surface area contributed by atoms with Crippen LogP contribution in [0.15, 0.2) is 47.5 Å². The van der Waals surface area contributed by atoms with Crippen LogP contribution >= 0.6 is 0 Å². The number of aromatic nitrogens is 2. The highest BCUT2D eigenvalue weighted by Crippen LogP contribution is 2.29. The fraction of sp³-hybridized carbons (Fsp3) is 0.438. The molecule has 21 heavy (non-hydrogen) atoms. The molecule has 0 spiro atoms. The van der Waals surface area contributed by atoms with Gasteiger partial charge in [0.15, 0.2) is 0 Å². The Morgan fingerprint density at radius 3 is 2.14 bits per heavy atom. The summed E-state index contributed by atoms with van der Waals surface area (Å²) < 4.78 is 15.0. The van der Waals surface area contributed by atoms with Crippen LogP contribution in [0.4, 0.5) is 0 Å². The van der Waals surface area contributed by atoms with Crippen molar-refractivity contribution in [1.29, 1.82) is 0 Å². The molecule has 0 atom stereocenters. The molecule has 114 valence electrons. The highest BCUT2D eigenvalue weighted by Gasteiger charge is 2.35. The van der Waals surface area contributed by atoms with Crippen molar-refractivity contribution in [3.05, 3.63) is 58.8 Å². The molecule has 1 aromatic heterocycles. The maximum atomic E-state index is 12.1. The number of hydrogen-bond donors (Lipinski definition) is 0. The third-order valence-electron chi connectivity index (χ3n) is 3.36. The van der Waals surface area contributed by atoms with Crippen LogP contribution in [0.5, 0.6) is 0 Å². The minimum atomic E-state index is -0.948. The molecule has 1 heterocycles. The molecule has 5 heteroatoms. The Kier molecular flexibility index (Phi) is 4.98. The number of nitrogens with zero attached hydrogens (tertiary/aromatic N) is 2. The van der Waals surface area contributed by atoms with Gasteiger partial charge >= 0.3 is 5.69 Å². The minimum Gasteiger partial charge on any atom is -0.345 e. The molecular formula is C16H22N2O3. The maximum Gasteiger partial charge on any atom is 0.328 e. The zero-order chi connectivity index (χ0) is 15.3. The molecule has 0 unspecified atom stereocenters. The zero-order valence-corrected chi connectivity index (χ0v) is 12.8. The Hall–Kier alpha value is -1.85. The van der Waals surface area contributed by atoms with Crippen LogP contribution < -0.4 is 5.69 Å². The number of benzene rings is 1. The summed E-state index contributed by atoms with van der Waals surface area (Å²) in [5, 5.41) is 0. The lowest BCUT2D eigenvalue weighted by Gasteiger charge is -2.33. The molecule has 0 bridgehead atoms. The normalized spacial score (nSPS) is 11.8. The molecule has 0 aliphatic heterocycles. The predicted octanol–water partition coefficient (Wildman–Crippen LogP) is 2.11. The first-order chi connectivity index (χ1) is 10.1. The fourth-order valence-corrected chi connectivity index (χ4v) is 2.40. The molecule has 1 aromatic carbocycles. The van der Waals surface area contributed by atoms with E-state index in [2.05, 4.69) is 0 Å². The van der Waals surface area contributed by atoms with E-state index in [9.17, 15) is 4.79 Å². The summed E-state index contributed by atoms with van der Waals surface area (Å²) in [6.07, 6.45) is 3.48. The maximum absolute atomic E-state index is 12.1. The third kappa shape index (κ3) is 3.25. The van der Waals surface area contributed by atoms with Gasteiger partial charge in [-0.1, -0.05) is 30.3 Å². The molecule has 0 aliphatic carbocycles. The van der Waals surface area contributed by atoms with E-state index in [0.29, 0.717) is 19.8 Å². The van der Waals surface area contributed by atoms with Crippen LogP contribution in [-0.2, 0) is 28.9 Å². The lowest BCUT2D eigenvalue weighted by molar-refractivity contribution is -0.251. The summed E-state index contributed by atoms with van der Waals surface area (Å²) in [5.41, 5.74) is 0.819. The van der Waals surface area contributed by atoms with Crippen molar-refractivity contribution >= 4 is 0 Å². The van der Waals surface area contributed by atoms with E-state index in [4.69, 9.17) is 9.47 Å². The molecule has 0 aliphatic rings. The summed E-state index contributed by atoms with van der Waals surface area (Å²) in [6, 6.07) is 9.74. The Morgan fingerprint density at radius 2 is 1.67 bits per heavy atom. The predicted molar refractivity (Wildman–Crippen MR) is 81.0 cm³/mol. The average Bonchev–Trinajstić information content (AvgIpc) is 2.80. The molecule has 0 fully saturated rings. The molecule has 0 N–H and O–H groups in total. The first-order valence-electron chi connectivity index (χ1n) is 7.18. The molecular weight excluding hydrogens is 268 g/mol. The fourth-order valence-electron chi connectivity index (χ4n) is 2.40. The van der Waals surface area contributed by atoms with Gasteiger partial charge in [0.05, 0.1) is 6.54 Å². The summed E-state index contributed by atoms with van der Waals surface area (Å²) >= 11 is 0. The second-order valence-electron chi connectivity index (χ2n) is 4.80. The number of aryl methyl sites for hydroxylation is 1. The van der Waals surface area contributed by atoms with Gasteiger partial charge in [0.1, 0.15) is 0 Å². The van der Waals surface area contributed by atoms with Gasteiger partial charge in [0.25, 0.3) is 0 Å². The average molecular weight is 290 g/mol. The molecule has 5 nitrogen and oxygen atoms in total. The largest absolute Gasteiger partial charge is 0.345 e. The van der Waals surface area contributed by atoms with Gasteiger partial charge in [0.2, 0.25) is 5.79 Å². The highest BCUT2D eigenvalue weighted by atomic mass is 16.7. The van der Waals surface area contributed by atoms with Crippen LogP contribution in [0, 0.1) is 0 Å². The van der Waals surface area contributed by atoms with E-state index in [0.717, 1.165) is 5.56 Å². The monoisotopic (exact) mass is 290 g/mol. The van der Waals surface area contributed by atoms with Gasteiger partial charge in [-0.25, -0.2) is 4.79 Å². The molecule has 2 rings (SSSR count). The van der Waals surface area contributed by atoms with Crippen molar-refractivity contribution in [2.24, 2.45) is 7.05 Å². The summed E-state index contributed by atoms with van der Waals surface area (Å²) in [5.74, 6) is -0.948. The standard InChI is InChI=1S/C16H22N2O3/c1-4-20-16(21-5-2,14-9-7-6-8-10-14)13-18-12-11-17(3)15(18)19/h6-12H,4-5,13H2,1-3H3. The van der Waals surface area contributed by atoms with E-state index < -0.39 is 5.79 Å². The minimum absolute atomic E-state index is 0.0882. The van der Waals surface area contributed by atoms with Crippen LogP contribution in [0.1, 0.15) is 19.4 Å². The second kappa shape index (κ2) is 6.74. The quantitative estimate of drug-likeness (QED) is 0.734. The van der Waals surface area contributed by atoms with Crippen molar-refractivity contribution < 1.29 is 9.47 Å². The van der Waals surface area contributed by atoms with Gasteiger partial charge < -0.3 is 14.0 Å². The Balaban J connectivity index is 2.44. The van der Waals surface area contributed by atoms with Gasteiger partial charge in [-0.2, -0.15) is 0 Å². The summed E-state index contributed by atoms with van der Waals surface area (Å²) in [6.45, 7) is 5.15. The first-order valence-corrected chi connectivity index (χ1v) is 7.18. The van der Waals surface area contributed by atoms with Crippen molar-refractivity contribution in [1.82, 2.24) is 9.13 Å². The van der Waals surface area contributed by atoms with Gasteiger partial charge in [-0.3, -0.25) is 4.57 Å². The van der Waals surface area contributed by atoms with Crippen LogP contribution in [0.2, 0.25) is 0 Å². The molecule has 0 saturated heterocycles. The summed E-state index contributed by atoms with van der Waals surface area (Å²) in [4.78, 5) is 12.1. The van der Waals surface area contributed by atoms with Crippen LogP contribution in [-0.4, -0.2) is 22.3 Å². The number of hydrogen-bond acceptors (Lipinski definition) is 3. The lowest BCUT2D eigenvalue weighted by Crippen LogP contribution is -2.40. The number of ether oxygens (including phenoxy) is 2. The van der Waals surface area contributed by atoms with Crippen molar-refractivity contribution in [3.8, 4) is 0 Å². The van der Waals surface area contributed by atoms with E-state index in [1.807, 2.05) is 44.2 Å². The van der Waals surface area contributed by atoms with Crippen LogP contribution in [0.3, 0.4) is 0 Å². The first kappa shape index (κ1) is 15.5. The molecule has 2 aromatic rings. The molecule has 0 amide bonds. The summed E-state index contributed by atoms with van der Waals surface area (Å²) in [7, 11) is 1.73. The van der Waals surface area contributed by atoms with Gasteiger partial charge in [-0.15, -0.1) is 0 Å². The lowest BCUT2D eigenvalue weighted by atomic mass is 10.1. The molecule has 0 saturated carbocycles. The molecule has 0 radical (unpaired) electrons. The van der Waals surface area contributed by atoms with Crippen molar-refractivity contribution in [3.63, 3.8) is 0 Å². The Morgan fingerprint density at radius 1 is 1.05 bits per heavy atom. The number of imidazole rings is 1. The number of rotatable bonds is 7. The van der Waals surface area contributed by atoms with Crippen molar-refractivity contribution in [2.75, 3.05) is 13.2 Å². The topological polar surface area (TPSA) is 45.4 Å². The smallest absolute Gasteiger partial charge is 0.328 e.